The van der Waals surface area contributed by atoms with E-state index in [0.717, 1.165) is 14.7 Å². The van der Waals surface area contributed by atoms with E-state index in [0.29, 0.717) is 18.1 Å². The Morgan fingerprint density at radius 2 is 1.50 bits per heavy atom. The molecular formula is C18H19Br2ClO5S2. The molecule has 2 aromatic carbocycles. The van der Waals surface area contributed by atoms with E-state index < -0.39 is 9.05 Å². The number of halogens is 3. The van der Waals surface area contributed by atoms with Crippen LogP contribution in [0.3, 0.4) is 0 Å². The molecule has 0 amide bonds. The summed E-state index contributed by atoms with van der Waals surface area (Å²) in [6, 6.07) is 14.8. The second kappa shape index (κ2) is 13.5. The molecule has 0 aliphatic carbocycles. The predicted molar refractivity (Wildman–Crippen MR) is 122 cm³/mol. The van der Waals surface area contributed by atoms with Crippen molar-refractivity contribution in [2.75, 3.05) is 24.7 Å². The molecule has 28 heavy (non-hydrogen) atoms. The number of benzene rings is 2. The molecule has 0 N–H and O–H groups in total. The summed E-state index contributed by atoms with van der Waals surface area (Å²) in [5.41, 5.74) is 0. The van der Waals surface area contributed by atoms with E-state index in [1.165, 1.54) is 11.8 Å². The van der Waals surface area contributed by atoms with Crippen LogP contribution in [0, 0.1) is 0 Å². The van der Waals surface area contributed by atoms with Crippen LogP contribution in [-0.2, 0) is 13.8 Å². The van der Waals surface area contributed by atoms with Gasteiger partial charge in [0, 0.05) is 32.3 Å². The van der Waals surface area contributed by atoms with Gasteiger partial charge in [-0.05, 0) is 36.4 Å². The van der Waals surface area contributed by atoms with Crippen LogP contribution in [-0.4, -0.2) is 38.3 Å². The molecule has 154 valence electrons. The lowest BCUT2D eigenvalue weighted by molar-refractivity contribution is -0.109. The molecule has 0 unspecified atom stereocenters. The van der Waals surface area contributed by atoms with Gasteiger partial charge in [0.05, 0.1) is 12.4 Å². The fraction of sp³-hybridized carbons (Fsp3) is 0.278. The van der Waals surface area contributed by atoms with E-state index in [2.05, 4.69) is 31.9 Å². The summed E-state index contributed by atoms with van der Waals surface area (Å²) in [6.07, 6.45) is 0. The van der Waals surface area contributed by atoms with Gasteiger partial charge in [0.1, 0.15) is 18.1 Å². The Labute approximate surface area is 190 Å². The molecule has 0 saturated carbocycles. The van der Waals surface area contributed by atoms with Gasteiger partial charge in [-0.3, -0.25) is 4.79 Å². The first kappa shape index (κ1) is 25.3. The maximum atomic E-state index is 10.6. The molecule has 0 heterocycles. The predicted octanol–water partition coefficient (Wildman–Crippen LogP) is 5.50. The monoisotopic (exact) mass is 572 g/mol. The van der Waals surface area contributed by atoms with E-state index >= 15 is 0 Å². The van der Waals surface area contributed by atoms with Gasteiger partial charge in [-0.1, -0.05) is 55.8 Å². The molecule has 5 nitrogen and oxygen atoms in total. The Morgan fingerprint density at radius 1 is 1.00 bits per heavy atom. The highest BCUT2D eigenvalue weighted by molar-refractivity contribution is 9.10. The topological polar surface area (TPSA) is 69.7 Å². The number of thioether (sulfide) groups is 1. The zero-order valence-corrected chi connectivity index (χ0v) is 20.5. The zero-order chi connectivity index (χ0) is 21.0. The van der Waals surface area contributed by atoms with Crippen molar-refractivity contribution in [1.82, 2.24) is 0 Å². The first-order valence-electron chi connectivity index (χ1n) is 7.98. The number of ether oxygens (including phenoxy) is 2. The average Bonchev–Trinajstić information content (AvgIpc) is 2.58. The standard InChI is InChI=1S/C10H11BrO2S.C8H8BrClO3S/c1-8(12)14-6-5-13-10-4-2-3-9(11)7-10;9-7-2-1-3-8(6-7)13-4-5-14(10,11)12/h2-4,7H,5-6H2,1H3;1-3,6H,4-5H2. The minimum absolute atomic E-state index is 0.0578. The van der Waals surface area contributed by atoms with Crippen LogP contribution in [0.1, 0.15) is 6.92 Å². The average molecular weight is 575 g/mol. The lowest BCUT2D eigenvalue weighted by Gasteiger charge is -2.04. The Morgan fingerprint density at radius 3 is 1.93 bits per heavy atom. The van der Waals surface area contributed by atoms with Crippen LogP contribution in [0.15, 0.2) is 57.5 Å². The van der Waals surface area contributed by atoms with Crippen molar-refractivity contribution in [3.05, 3.63) is 57.5 Å². The SMILES string of the molecule is CC(=O)SCCOc1cccc(Br)c1.O=S(=O)(Cl)CCOc1cccc(Br)c1. The Kier molecular flexibility index (Phi) is 12.2. The minimum atomic E-state index is -3.47. The Hall–Kier alpha value is -0.740. The maximum absolute atomic E-state index is 10.6. The van der Waals surface area contributed by atoms with Crippen molar-refractivity contribution in [1.29, 1.82) is 0 Å². The van der Waals surface area contributed by atoms with E-state index in [-0.39, 0.29) is 17.5 Å². The summed E-state index contributed by atoms with van der Waals surface area (Å²) in [4.78, 5) is 10.6. The maximum Gasteiger partial charge on any atom is 0.235 e. The zero-order valence-electron chi connectivity index (χ0n) is 14.9. The summed E-state index contributed by atoms with van der Waals surface area (Å²) >= 11 is 7.90. The quantitative estimate of drug-likeness (QED) is 0.306. The van der Waals surface area contributed by atoms with Crippen molar-refractivity contribution in [3.63, 3.8) is 0 Å². The summed E-state index contributed by atoms with van der Waals surface area (Å²) in [6.45, 7) is 2.17. The number of carbonyl (C=O) groups excluding carboxylic acids is 1. The van der Waals surface area contributed by atoms with Crippen LogP contribution in [0.25, 0.3) is 0 Å². The van der Waals surface area contributed by atoms with E-state index in [1.54, 1.807) is 25.1 Å². The summed E-state index contributed by atoms with van der Waals surface area (Å²) in [7, 11) is 1.54. The molecule has 0 atom stereocenters. The number of hydrogen-bond acceptors (Lipinski definition) is 6. The van der Waals surface area contributed by atoms with Gasteiger partial charge in [0.15, 0.2) is 5.12 Å². The van der Waals surface area contributed by atoms with Gasteiger partial charge in [0.2, 0.25) is 9.05 Å². The Balaban J connectivity index is 0.000000280. The van der Waals surface area contributed by atoms with Crippen LogP contribution >= 0.6 is 54.3 Å². The first-order chi connectivity index (χ1) is 13.2. The molecule has 10 heteroatoms. The van der Waals surface area contributed by atoms with Crippen molar-refractivity contribution < 1.29 is 22.7 Å². The van der Waals surface area contributed by atoms with Crippen molar-refractivity contribution in [2.45, 2.75) is 6.92 Å². The van der Waals surface area contributed by atoms with Gasteiger partial charge in [-0.15, -0.1) is 0 Å². The van der Waals surface area contributed by atoms with Crippen molar-refractivity contribution >= 4 is 68.5 Å². The molecule has 0 bridgehead atoms. The van der Waals surface area contributed by atoms with E-state index in [1.807, 2.05) is 30.3 Å². The fourth-order valence-corrected chi connectivity index (χ4v) is 3.40. The lowest BCUT2D eigenvalue weighted by Crippen LogP contribution is -2.08. The minimum Gasteiger partial charge on any atom is -0.493 e. The molecule has 0 radical (unpaired) electrons. The van der Waals surface area contributed by atoms with Gasteiger partial charge in [-0.2, -0.15) is 0 Å². The molecule has 0 saturated heterocycles. The summed E-state index contributed by atoms with van der Waals surface area (Å²) in [5.74, 6) is 1.94. The Bertz CT molecular complexity index is 863. The third-order valence-corrected chi connectivity index (χ3v) is 5.73. The highest BCUT2D eigenvalue weighted by Gasteiger charge is 2.05. The molecular weight excluding hydrogens is 556 g/mol. The highest BCUT2D eigenvalue weighted by atomic mass is 79.9. The molecule has 0 fully saturated rings. The van der Waals surface area contributed by atoms with Gasteiger partial charge in [0.25, 0.3) is 0 Å². The van der Waals surface area contributed by atoms with E-state index in [4.69, 9.17) is 20.2 Å². The lowest BCUT2D eigenvalue weighted by atomic mass is 10.3. The fourth-order valence-electron chi connectivity index (χ4n) is 1.72. The van der Waals surface area contributed by atoms with Gasteiger partial charge in [-0.25, -0.2) is 8.42 Å². The molecule has 0 aliphatic rings. The molecule has 0 spiro atoms. The second-order valence-corrected chi connectivity index (χ2v) is 11.2. The van der Waals surface area contributed by atoms with Gasteiger partial charge >= 0.3 is 0 Å². The molecule has 2 rings (SSSR count). The van der Waals surface area contributed by atoms with Crippen molar-refractivity contribution in [3.8, 4) is 11.5 Å². The second-order valence-electron chi connectivity index (χ2n) is 5.19. The largest absolute Gasteiger partial charge is 0.493 e. The van der Waals surface area contributed by atoms with E-state index in [9.17, 15) is 13.2 Å². The summed E-state index contributed by atoms with van der Waals surface area (Å²) < 4.78 is 33.6. The molecule has 0 aliphatic heterocycles. The van der Waals surface area contributed by atoms with Crippen LogP contribution in [0.2, 0.25) is 0 Å². The normalized spacial score (nSPS) is 10.6. The molecule has 2 aromatic rings. The molecule has 0 aromatic heterocycles. The van der Waals surface area contributed by atoms with Crippen LogP contribution in [0.5, 0.6) is 11.5 Å². The third-order valence-electron chi connectivity index (χ3n) is 2.85. The van der Waals surface area contributed by atoms with Crippen LogP contribution in [0.4, 0.5) is 0 Å². The first-order valence-corrected chi connectivity index (χ1v) is 13.0. The number of carbonyl (C=O) groups is 1. The van der Waals surface area contributed by atoms with Crippen LogP contribution < -0.4 is 9.47 Å². The third kappa shape index (κ3) is 13.4. The van der Waals surface area contributed by atoms with Gasteiger partial charge < -0.3 is 9.47 Å². The number of rotatable bonds is 8. The highest BCUT2D eigenvalue weighted by Crippen LogP contribution is 2.18. The number of hydrogen-bond donors (Lipinski definition) is 0. The smallest absolute Gasteiger partial charge is 0.235 e. The van der Waals surface area contributed by atoms with Crippen molar-refractivity contribution in [2.24, 2.45) is 0 Å². The summed E-state index contributed by atoms with van der Waals surface area (Å²) in [5, 5.41) is 0.128.